The second-order valence-electron chi connectivity index (χ2n) is 4.47. The van der Waals surface area contributed by atoms with Crippen LogP contribution in [0.2, 0.25) is 0 Å². The van der Waals surface area contributed by atoms with E-state index in [0.29, 0.717) is 5.95 Å². The van der Waals surface area contributed by atoms with Crippen molar-refractivity contribution in [1.29, 1.82) is 0 Å². The molecule has 5 heteroatoms. The molecule has 0 saturated carbocycles. The lowest BCUT2D eigenvalue weighted by atomic mass is 10.1. The molecule has 0 aliphatic rings. The topological polar surface area (TPSA) is 62.7 Å². The Morgan fingerprint density at radius 3 is 2.75 bits per heavy atom. The number of anilines is 3. The van der Waals surface area contributed by atoms with E-state index >= 15 is 0 Å². The van der Waals surface area contributed by atoms with Gasteiger partial charge in [-0.2, -0.15) is 4.98 Å². The molecule has 2 heterocycles. The first kappa shape index (κ1) is 12.3. The van der Waals surface area contributed by atoms with Gasteiger partial charge in [0.05, 0.1) is 11.2 Å². The molecule has 0 atom stereocenters. The Hall–Kier alpha value is -2.69. The van der Waals surface area contributed by atoms with Gasteiger partial charge in [-0.05, 0) is 25.1 Å². The van der Waals surface area contributed by atoms with Gasteiger partial charge in [0.15, 0.2) is 0 Å². The zero-order chi connectivity index (χ0) is 13.9. The van der Waals surface area contributed by atoms with Gasteiger partial charge in [-0.1, -0.05) is 18.2 Å². The van der Waals surface area contributed by atoms with Gasteiger partial charge >= 0.3 is 0 Å². The van der Waals surface area contributed by atoms with E-state index in [1.165, 1.54) is 0 Å². The number of para-hydroxylation sites is 1. The molecule has 2 N–H and O–H groups in total. The summed E-state index contributed by atoms with van der Waals surface area (Å²) in [5, 5.41) is 7.32. The summed E-state index contributed by atoms with van der Waals surface area (Å²) in [6, 6.07) is 12.0. The van der Waals surface area contributed by atoms with Crippen molar-refractivity contribution in [3.63, 3.8) is 0 Å². The number of pyridine rings is 1. The lowest BCUT2D eigenvalue weighted by molar-refractivity contribution is 1.15. The highest BCUT2D eigenvalue weighted by molar-refractivity contribution is 5.91. The van der Waals surface area contributed by atoms with Crippen LogP contribution in [0, 0.1) is 6.92 Å². The first-order valence-corrected chi connectivity index (χ1v) is 6.40. The SMILES string of the molecule is CNc1nccc(Nc2cccc3ccc(C)nc23)n1. The molecule has 2 aromatic heterocycles. The fourth-order valence-corrected chi connectivity index (χ4v) is 2.03. The van der Waals surface area contributed by atoms with Crippen molar-refractivity contribution in [1.82, 2.24) is 15.0 Å². The van der Waals surface area contributed by atoms with Crippen LogP contribution >= 0.6 is 0 Å². The van der Waals surface area contributed by atoms with Gasteiger partial charge in [-0.15, -0.1) is 0 Å². The third kappa shape index (κ3) is 2.38. The maximum atomic E-state index is 4.59. The van der Waals surface area contributed by atoms with Crippen molar-refractivity contribution in [2.45, 2.75) is 6.92 Å². The fraction of sp³-hybridized carbons (Fsp3) is 0.133. The summed E-state index contributed by atoms with van der Waals surface area (Å²) in [6.45, 7) is 1.99. The summed E-state index contributed by atoms with van der Waals surface area (Å²) in [6.07, 6.45) is 1.71. The van der Waals surface area contributed by atoms with Gasteiger partial charge in [0.1, 0.15) is 5.82 Å². The minimum Gasteiger partial charge on any atom is -0.357 e. The Morgan fingerprint density at radius 1 is 1.00 bits per heavy atom. The molecule has 3 rings (SSSR count). The number of benzene rings is 1. The first-order valence-electron chi connectivity index (χ1n) is 6.40. The Labute approximate surface area is 117 Å². The molecular formula is C15H15N5. The summed E-state index contributed by atoms with van der Waals surface area (Å²) in [4.78, 5) is 13.0. The monoisotopic (exact) mass is 265 g/mol. The predicted molar refractivity (Wildman–Crippen MR) is 81.3 cm³/mol. The summed E-state index contributed by atoms with van der Waals surface area (Å²) in [5.41, 5.74) is 2.87. The Balaban J connectivity index is 2.03. The maximum Gasteiger partial charge on any atom is 0.224 e. The van der Waals surface area contributed by atoms with E-state index in [9.17, 15) is 0 Å². The molecule has 0 spiro atoms. The van der Waals surface area contributed by atoms with Crippen LogP contribution in [0.5, 0.6) is 0 Å². The molecular weight excluding hydrogens is 250 g/mol. The van der Waals surface area contributed by atoms with Crippen LogP contribution in [-0.2, 0) is 0 Å². The van der Waals surface area contributed by atoms with Crippen molar-refractivity contribution in [2.24, 2.45) is 0 Å². The molecule has 0 fully saturated rings. The van der Waals surface area contributed by atoms with Crippen LogP contribution in [0.4, 0.5) is 17.5 Å². The number of fused-ring (bicyclic) bond motifs is 1. The van der Waals surface area contributed by atoms with Crippen molar-refractivity contribution in [3.05, 3.63) is 48.3 Å². The standard InChI is InChI=1S/C15H15N5/c1-10-6-7-11-4-3-5-12(14(11)18-10)19-13-8-9-17-15(16-2)20-13/h3-9H,1-2H3,(H2,16,17,19,20). The molecule has 20 heavy (non-hydrogen) atoms. The number of aromatic nitrogens is 3. The van der Waals surface area contributed by atoms with E-state index in [1.54, 1.807) is 13.2 Å². The molecule has 5 nitrogen and oxygen atoms in total. The van der Waals surface area contributed by atoms with E-state index < -0.39 is 0 Å². The van der Waals surface area contributed by atoms with Gasteiger partial charge in [0, 0.05) is 24.3 Å². The molecule has 0 unspecified atom stereocenters. The Kier molecular flexibility index (Phi) is 3.16. The zero-order valence-corrected chi connectivity index (χ0v) is 11.4. The van der Waals surface area contributed by atoms with Crippen molar-refractivity contribution in [3.8, 4) is 0 Å². The molecule has 3 aromatic rings. The Bertz CT molecular complexity index is 754. The lowest BCUT2D eigenvalue weighted by Gasteiger charge is -2.09. The van der Waals surface area contributed by atoms with Gasteiger partial charge in [0.25, 0.3) is 0 Å². The van der Waals surface area contributed by atoms with Gasteiger partial charge in [0.2, 0.25) is 5.95 Å². The highest BCUT2D eigenvalue weighted by atomic mass is 15.1. The molecule has 0 amide bonds. The minimum absolute atomic E-state index is 0.583. The number of nitrogens with one attached hydrogen (secondary N) is 2. The minimum atomic E-state index is 0.583. The zero-order valence-electron chi connectivity index (χ0n) is 11.4. The largest absolute Gasteiger partial charge is 0.357 e. The molecule has 0 radical (unpaired) electrons. The molecule has 1 aromatic carbocycles. The molecule has 0 bridgehead atoms. The second kappa shape index (κ2) is 5.13. The quantitative estimate of drug-likeness (QED) is 0.761. The molecule has 0 saturated heterocycles. The summed E-state index contributed by atoms with van der Waals surface area (Å²) in [7, 11) is 1.79. The second-order valence-corrected chi connectivity index (χ2v) is 4.47. The van der Waals surface area contributed by atoms with Gasteiger partial charge in [-0.25, -0.2) is 4.98 Å². The van der Waals surface area contributed by atoms with Crippen LogP contribution in [0.3, 0.4) is 0 Å². The number of nitrogens with zero attached hydrogens (tertiary/aromatic N) is 3. The number of aryl methyl sites for hydroxylation is 1. The van der Waals surface area contributed by atoms with E-state index in [0.717, 1.165) is 28.1 Å². The van der Waals surface area contributed by atoms with Crippen molar-refractivity contribution in [2.75, 3.05) is 17.7 Å². The first-order chi connectivity index (χ1) is 9.76. The highest BCUT2D eigenvalue weighted by Gasteiger charge is 2.04. The maximum absolute atomic E-state index is 4.59. The van der Waals surface area contributed by atoms with E-state index in [4.69, 9.17) is 0 Å². The van der Waals surface area contributed by atoms with Crippen molar-refractivity contribution >= 4 is 28.4 Å². The smallest absolute Gasteiger partial charge is 0.224 e. The Morgan fingerprint density at radius 2 is 1.90 bits per heavy atom. The normalized spacial score (nSPS) is 10.5. The van der Waals surface area contributed by atoms with E-state index in [-0.39, 0.29) is 0 Å². The highest BCUT2D eigenvalue weighted by Crippen LogP contribution is 2.24. The van der Waals surface area contributed by atoms with E-state index in [2.05, 4.69) is 31.7 Å². The van der Waals surface area contributed by atoms with Crippen LogP contribution in [0.1, 0.15) is 5.69 Å². The van der Waals surface area contributed by atoms with Crippen LogP contribution < -0.4 is 10.6 Å². The van der Waals surface area contributed by atoms with Gasteiger partial charge in [-0.3, -0.25) is 4.98 Å². The van der Waals surface area contributed by atoms with Crippen LogP contribution in [-0.4, -0.2) is 22.0 Å². The number of hydrogen-bond acceptors (Lipinski definition) is 5. The summed E-state index contributed by atoms with van der Waals surface area (Å²) >= 11 is 0. The summed E-state index contributed by atoms with van der Waals surface area (Å²) in [5.74, 6) is 1.32. The third-order valence-electron chi connectivity index (χ3n) is 3.00. The van der Waals surface area contributed by atoms with E-state index in [1.807, 2.05) is 37.3 Å². The third-order valence-corrected chi connectivity index (χ3v) is 3.00. The number of rotatable bonds is 3. The summed E-state index contributed by atoms with van der Waals surface area (Å²) < 4.78 is 0. The van der Waals surface area contributed by atoms with Crippen molar-refractivity contribution < 1.29 is 0 Å². The predicted octanol–water partition coefficient (Wildman–Crippen LogP) is 3.12. The van der Waals surface area contributed by atoms with Crippen LogP contribution in [0.25, 0.3) is 10.9 Å². The molecule has 100 valence electrons. The van der Waals surface area contributed by atoms with Crippen LogP contribution in [0.15, 0.2) is 42.6 Å². The molecule has 0 aliphatic heterocycles. The molecule has 0 aliphatic carbocycles. The fourth-order valence-electron chi connectivity index (χ4n) is 2.03. The number of hydrogen-bond donors (Lipinski definition) is 2. The average molecular weight is 265 g/mol. The lowest BCUT2D eigenvalue weighted by Crippen LogP contribution is -2.00. The average Bonchev–Trinajstić information content (AvgIpc) is 2.48. The van der Waals surface area contributed by atoms with Gasteiger partial charge < -0.3 is 10.6 Å².